The summed E-state index contributed by atoms with van der Waals surface area (Å²) in [6, 6.07) is 22.4. The first kappa shape index (κ1) is 18.1. The molecule has 1 heterocycles. The maximum absolute atomic E-state index is 13.0. The Hall–Kier alpha value is -3.25. The van der Waals surface area contributed by atoms with E-state index in [0.29, 0.717) is 12.1 Å². The monoisotopic (exact) mass is 433 g/mol. The van der Waals surface area contributed by atoms with Crippen molar-refractivity contribution in [1.29, 1.82) is 0 Å². The van der Waals surface area contributed by atoms with Crippen LogP contribution in [0.3, 0.4) is 0 Å². The van der Waals surface area contributed by atoms with Gasteiger partial charge in [-0.3, -0.25) is 4.79 Å². The molecule has 28 heavy (non-hydrogen) atoms. The number of fused-ring (bicyclic) bond motifs is 1. The largest absolute Gasteiger partial charge is 0.507 e. The maximum atomic E-state index is 13.0. The van der Waals surface area contributed by atoms with Gasteiger partial charge in [0, 0.05) is 15.6 Å². The van der Waals surface area contributed by atoms with Crippen LogP contribution < -0.4 is 4.90 Å². The van der Waals surface area contributed by atoms with Crippen LogP contribution in [0, 0.1) is 0 Å². The van der Waals surface area contributed by atoms with Crippen LogP contribution in [0.2, 0.25) is 0 Å². The van der Waals surface area contributed by atoms with Gasteiger partial charge >= 0.3 is 0 Å². The lowest BCUT2D eigenvalue weighted by Gasteiger charge is -2.16. The highest BCUT2D eigenvalue weighted by Crippen LogP contribution is 2.30. The number of hydrogen-bond donors (Lipinski definition) is 1. The Morgan fingerprint density at radius 3 is 2.57 bits per heavy atom. The van der Waals surface area contributed by atoms with Crippen molar-refractivity contribution < 1.29 is 9.90 Å². The van der Waals surface area contributed by atoms with Gasteiger partial charge in [-0.05, 0) is 29.8 Å². The fourth-order valence-corrected chi connectivity index (χ4v) is 3.44. The molecule has 0 bridgehead atoms. The van der Waals surface area contributed by atoms with Crippen LogP contribution in [0.25, 0.3) is 0 Å². The molecule has 1 aliphatic rings. The molecule has 0 saturated carbocycles. The zero-order valence-corrected chi connectivity index (χ0v) is 16.4. The number of rotatable bonds is 4. The minimum atomic E-state index is -0.194. The van der Waals surface area contributed by atoms with Crippen LogP contribution in [-0.2, 0) is 11.3 Å². The molecule has 0 spiro atoms. The molecule has 1 amide bonds. The summed E-state index contributed by atoms with van der Waals surface area (Å²) >= 11 is 3.36. The van der Waals surface area contributed by atoms with E-state index in [4.69, 9.17) is 0 Å². The molecule has 6 heteroatoms. The van der Waals surface area contributed by atoms with Gasteiger partial charge in [0.2, 0.25) is 0 Å². The molecule has 0 aromatic heterocycles. The van der Waals surface area contributed by atoms with Gasteiger partial charge in [-0.25, -0.2) is 0 Å². The smallest absolute Gasteiger partial charge is 0.279 e. The van der Waals surface area contributed by atoms with Crippen LogP contribution in [0.4, 0.5) is 5.69 Å². The van der Waals surface area contributed by atoms with Gasteiger partial charge < -0.3 is 10.0 Å². The number of hydrogen-bond acceptors (Lipinski definition) is 4. The van der Waals surface area contributed by atoms with Crippen molar-refractivity contribution in [3.8, 4) is 5.75 Å². The summed E-state index contributed by atoms with van der Waals surface area (Å²) in [4.78, 5) is 14.7. The fraction of sp³-hybridized carbons (Fsp3) is 0.0455. The summed E-state index contributed by atoms with van der Waals surface area (Å²) in [5.41, 5.74) is 3.40. The van der Waals surface area contributed by atoms with E-state index in [1.807, 2.05) is 54.6 Å². The topological polar surface area (TPSA) is 65.3 Å². The van der Waals surface area contributed by atoms with Gasteiger partial charge in [0.15, 0.2) is 5.71 Å². The van der Waals surface area contributed by atoms with Crippen molar-refractivity contribution in [3.05, 3.63) is 94.0 Å². The number of phenols is 1. The third-order valence-corrected chi connectivity index (χ3v) is 4.92. The Kier molecular flexibility index (Phi) is 5.04. The zero-order chi connectivity index (χ0) is 19.5. The second kappa shape index (κ2) is 7.78. The average Bonchev–Trinajstić information content (AvgIpc) is 2.97. The number of para-hydroxylation sites is 1. The van der Waals surface area contributed by atoms with E-state index in [-0.39, 0.29) is 17.4 Å². The van der Waals surface area contributed by atoms with Crippen molar-refractivity contribution in [2.45, 2.75) is 6.54 Å². The molecule has 0 unspecified atom stereocenters. The number of amides is 1. The number of aromatic hydroxyl groups is 1. The maximum Gasteiger partial charge on any atom is 0.279 e. The van der Waals surface area contributed by atoms with Crippen molar-refractivity contribution >= 4 is 39.5 Å². The van der Waals surface area contributed by atoms with Gasteiger partial charge in [-0.15, -0.1) is 5.10 Å². The number of benzene rings is 3. The van der Waals surface area contributed by atoms with E-state index in [1.54, 1.807) is 23.1 Å². The quantitative estimate of drug-likeness (QED) is 0.485. The van der Waals surface area contributed by atoms with E-state index in [2.05, 4.69) is 26.1 Å². The SMILES string of the molecule is O=C1C(=N/N=C/c2cc(Br)ccc2O)c2ccccc2N1Cc1ccccc1. The lowest BCUT2D eigenvalue weighted by atomic mass is 10.1. The molecule has 0 saturated heterocycles. The Balaban J connectivity index is 1.66. The van der Waals surface area contributed by atoms with Crippen molar-refractivity contribution in [2.24, 2.45) is 10.2 Å². The molecule has 4 rings (SSSR count). The van der Waals surface area contributed by atoms with Gasteiger partial charge in [0.05, 0.1) is 18.4 Å². The van der Waals surface area contributed by atoms with Crippen LogP contribution in [-0.4, -0.2) is 22.9 Å². The van der Waals surface area contributed by atoms with Gasteiger partial charge in [0.25, 0.3) is 5.91 Å². The number of phenolic OH excluding ortho intramolecular Hbond substituents is 1. The summed E-state index contributed by atoms with van der Waals surface area (Å²) in [6.07, 6.45) is 1.43. The molecule has 138 valence electrons. The normalized spacial score (nSPS) is 14.8. The molecule has 0 fully saturated rings. The molecule has 0 radical (unpaired) electrons. The highest BCUT2D eigenvalue weighted by Gasteiger charge is 2.33. The second-order valence-electron chi connectivity index (χ2n) is 6.29. The van der Waals surface area contributed by atoms with Crippen LogP contribution in [0.5, 0.6) is 5.75 Å². The van der Waals surface area contributed by atoms with Crippen LogP contribution >= 0.6 is 15.9 Å². The predicted molar refractivity (Wildman–Crippen MR) is 114 cm³/mol. The second-order valence-corrected chi connectivity index (χ2v) is 7.21. The zero-order valence-electron chi connectivity index (χ0n) is 14.8. The molecular formula is C22H16BrN3O2. The summed E-state index contributed by atoms with van der Waals surface area (Å²) in [7, 11) is 0. The standard InChI is InChI=1S/C22H16BrN3O2/c23-17-10-11-20(27)16(12-17)13-24-25-21-18-8-4-5-9-19(18)26(22(21)28)14-15-6-2-1-3-7-15/h1-13,27H,14H2/b24-13+,25-21?. The van der Waals surface area contributed by atoms with Crippen molar-refractivity contribution in [3.63, 3.8) is 0 Å². The molecule has 0 aliphatic carbocycles. The van der Waals surface area contributed by atoms with Crippen molar-refractivity contribution in [1.82, 2.24) is 0 Å². The first-order valence-electron chi connectivity index (χ1n) is 8.68. The highest BCUT2D eigenvalue weighted by atomic mass is 79.9. The third-order valence-electron chi connectivity index (χ3n) is 4.43. The molecule has 5 nitrogen and oxygen atoms in total. The number of halogens is 1. The molecule has 1 aliphatic heterocycles. The fourth-order valence-electron chi connectivity index (χ4n) is 3.06. The van der Waals surface area contributed by atoms with E-state index < -0.39 is 0 Å². The minimum absolute atomic E-state index is 0.0935. The Bertz CT molecular complexity index is 1090. The number of carbonyl (C=O) groups is 1. The number of anilines is 1. The Morgan fingerprint density at radius 1 is 1.00 bits per heavy atom. The van der Waals surface area contributed by atoms with Gasteiger partial charge in [-0.1, -0.05) is 64.5 Å². The minimum Gasteiger partial charge on any atom is -0.507 e. The lowest BCUT2D eigenvalue weighted by molar-refractivity contribution is -0.112. The summed E-state index contributed by atoms with van der Waals surface area (Å²) in [5.74, 6) is -0.100. The molecule has 1 N–H and O–H groups in total. The predicted octanol–water partition coefficient (Wildman–Crippen LogP) is 4.52. The van der Waals surface area contributed by atoms with Gasteiger partial charge in [0.1, 0.15) is 5.75 Å². The lowest BCUT2D eigenvalue weighted by Crippen LogP contribution is -2.29. The summed E-state index contributed by atoms with van der Waals surface area (Å²) in [6.45, 7) is 0.464. The number of carbonyl (C=O) groups excluding carboxylic acids is 1. The van der Waals surface area contributed by atoms with Crippen LogP contribution in [0.15, 0.2) is 87.5 Å². The molecular weight excluding hydrogens is 418 g/mol. The molecule has 0 atom stereocenters. The number of nitrogens with zero attached hydrogens (tertiary/aromatic N) is 3. The first-order chi connectivity index (χ1) is 13.6. The van der Waals surface area contributed by atoms with E-state index in [0.717, 1.165) is 21.3 Å². The highest BCUT2D eigenvalue weighted by molar-refractivity contribution is 9.10. The first-order valence-corrected chi connectivity index (χ1v) is 9.47. The Morgan fingerprint density at radius 2 is 1.75 bits per heavy atom. The van der Waals surface area contributed by atoms with Crippen molar-refractivity contribution in [2.75, 3.05) is 4.90 Å². The van der Waals surface area contributed by atoms with E-state index in [9.17, 15) is 9.90 Å². The van der Waals surface area contributed by atoms with Crippen LogP contribution in [0.1, 0.15) is 16.7 Å². The van der Waals surface area contributed by atoms with Gasteiger partial charge in [-0.2, -0.15) is 5.10 Å². The Labute approximate surface area is 170 Å². The van der Waals surface area contributed by atoms with E-state index >= 15 is 0 Å². The molecule has 3 aromatic carbocycles. The summed E-state index contributed by atoms with van der Waals surface area (Å²) in [5, 5.41) is 18.1. The van der Waals surface area contributed by atoms with E-state index in [1.165, 1.54) is 6.21 Å². The third kappa shape index (κ3) is 3.59. The summed E-state index contributed by atoms with van der Waals surface area (Å²) < 4.78 is 0.815. The molecule has 3 aromatic rings. The average molecular weight is 434 g/mol.